The SMILES string of the molecule is CCOC(=O)C1CCCCN1C(=O)c1sccc1CC. The fourth-order valence-electron chi connectivity index (χ4n) is 2.59. The van der Waals surface area contributed by atoms with Gasteiger partial charge in [0.05, 0.1) is 11.5 Å². The van der Waals surface area contributed by atoms with Crippen LogP contribution >= 0.6 is 11.3 Å². The van der Waals surface area contributed by atoms with Crippen LogP contribution in [0.1, 0.15) is 48.3 Å². The van der Waals surface area contributed by atoms with E-state index in [4.69, 9.17) is 4.74 Å². The molecule has 1 aromatic heterocycles. The van der Waals surface area contributed by atoms with Crippen LogP contribution in [0, 0.1) is 0 Å². The molecule has 0 spiro atoms. The van der Waals surface area contributed by atoms with Crippen molar-refractivity contribution in [2.45, 2.75) is 45.6 Å². The monoisotopic (exact) mass is 295 g/mol. The van der Waals surface area contributed by atoms with Crippen molar-refractivity contribution in [3.8, 4) is 0 Å². The second-order valence-corrected chi connectivity index (χ2v) is 5.81. The van der Waals surface area contributed by atoms with Crippen molar-refractivity contribution in [2.24, 2.45) is 0 Å². The zero-order chi connectivity index (χ0) is 14.5. The van der Waals surface area contributed by atoms with E-state index in [2.05, 4.69) is 0 Å². The average Bonchev–Trinajstić information content (AvgIpc) is 2.95. The summed E-state index contributed by atoms with van der Waals surface area (Å²) < 4.78 is 5.11. The second kappa shape index (κ2) is 6.88. The highest BCUT2D eigenvalue weighted by Gasteiger charge is 2.34. The molecular weight excluding hydrogens is 274 g/mol. The van der Waals surface area contributed by atoms with E-state index in [-0.39, 0.29) is 11.9 Å². The van der Waals surface area contributed by atoms with Crippen LogP contribution in [0.2, 0.25) is 0 Å². The first-order valence-electron chi connectivity index (χ1n) is 7.23. The number of amides is 1. The van der Waals surface area contributed by atoms with Crippen LogP contribution in [0.15, 0.2) is 11.4 Å². The van der Waals surface area contributed by atoms with Crippen LogP contribution in [0.25, 0.3) is 0 Å². The number of carbonyl (C=O) groups excluding carboxylic acids is 2. The molecule has 1 aromatic rings. The Hall–Kier alpha value is -1.36. The molecule has 1 fully saturated rings. The summed E-state index contributed by atoms with van der Waals surface area (Å²) in [6.45, 7) is 4.83. The summed E-state index contributed by atoms with van der Waals surface area (Å²) in [6.07, 6.45) is 3.46. The average molecular weight is 295 g/mol. The Morgan fingerprint density at radius 3 is 2.90 bits per heavy atom. The lowest BCUT2D eigenvalue weighted by atomic mass is 10.0. The summed E-state index contributed by atoms with van der Waals surface area (Å²) in [7, 11) is 0. The number of piperidine rings is 1. The smallest absolute Gasteiger partial charge is 0.328 e. The highest BCUT2D eigenvalue weighted by Crippen LogP contribution is 2.25. The van der Waals surface area contributed by atoms with Gasteiger partial charge in [0.1, 0.15) is 6.04 Å². The molecule has 20 heavy (non-hydrogen) atoms. The van der Waals surface area contributed by atoms with Crippen molar-refractivity contribution in [3.63, 3.8) is 0 Å². The van der Waals surface area contributed by atoms with E-state index >= 15 is 0 Å². The number of ether oxygens (including phenoxy) is 1. The molecule has 0 N–H and O–H groups in total. The molecule has 1 atom stereocenters. The molecule has 2 heterocycles. The van der Waals surface area contributed by atoms with Crippen molar-refractivity contribution in [2.75, 3.05) is 13.2 Å². The van der Waals surface area contributed by atoms with E-state index in [0.717, 1.165) is 29.7 Å². The Morgan fingerprint density at radius 2 is 2.20 bits per heavy atom. The molecule has 1 aliphatic heterocycles. The molecule has 0 bridgehead atoms. The number of thiophene rings is 1. The quantitative estimate of drug-likeness (QED) is 0.802. The van der Waals surface area contributed by atoms with Gasteiger partial charge in [-0.2, -0.15) is 0 Å². The van der Waals surface area contributed by atoms with Gasteiger partial charge in [0.2, 0.25) is 0 Å². The summed E-state index contributed by atoms with van der Waals surface area (Å²) >= 11 is 1.46. The first-order chi connectivity index (χ1) is 9.69. The lowest BCUT2D eigenvalue weighted by Gasteiger charge is -2.33. The summed E-state index contributed by atoms with van der Waals surface area (Å²) in [4.78, 5) is 27.2. The minimum Gasteiger partial charge on any atom is -0.464 e. The summed E-state index contributed by atoms with van der Waals surface area (Å²) in [5.74, 6) is -0.287. The Kier molecular flexibility index (Phi) is 5.17. The topological polar surface area (TPSA) is 46.6 Å². The van der Waals surface area contributed by atoms with Crippen LogP contribution in [-0.4, -0.2) is 36.0 Å². The van der Waals surface area contributed by atoms with E-state index in [1.54, 1.807) is 11.8 Å². The molecular formula is C15H21NO3S. The number of nitrogens with zero attached hydrogens (tertiary/aromatic N) is 1. The fraction of sp³-hybridized carbons (Fsp3) is 0.600. The van der Waals surface area contributed by atoms with Crippen molar-refractivity contribution in [1.82, 2.24) is 4.90 Å². The Bertz CT molecular complexity index is 483. The number of hydrogen-bond donors (Lipinski definition) is 0. The number of esters is 1. The molecule has 5 heteroatoms. The van der Waals surface area contributed by atoms with Gasteiger partial charge in [-0.15, -0.1) is 11.3 Å². The van der Waals surface area contributed by atoms with Gasteiger partial charge in [-0.1, -0.05) is 6.92 Å². The Labute approximate surface area is 123 Å². The maximum atomic E-state index is 12.7. The van der Waals surface area contributed by atoms with Gasteiger partial charge in [-0.25, -0.2) is 4.79 Å². The third-order valence-corrected chi connectivity index (χ3v) is 4.59. The first kappa shape index (κ1) is 15.0. The summed E-state index contributed by atoms with van der Waals surface area (Å²) in [5, 5.41) is 1.94. The normalized spacial score (nSPS) is 18.9. The number of likely N-dealkylation sites (tertiary alicyclic amines) is 1. The minimum atomic E-state index is -0.414. The molecule has 2 rings (SSSR count). The zero-order valence-corrected chi connectivity index (χ0v) is 12.9. The van der Waals surface area contributed by atoms with Gasteiger partial charge < -0.3 is 9.64 Å². The molecule has 1 amide bonds. The van der Waals surface area contributed by atoms with E-state index < -0.39 is 6.04 Å². The Morgan fingerprint density at radius 1 is 1.40 bits per heavy atom. The number of rotatable bonds is 4. The van der Waals surface area contributed by atoms with Crippen LogP contribution < -0.4 is 0 Å². The molecule has 110 valence electrons. The number of aryl methyl sites for hydroxylation is 1. The van der Waals surface area contributed by atoms with Crippen molar-refractivity contribution < 1.29 is 14.3 Å². The van der Waals surface area contributed by atoms with Crippen LogP contribution in [0.4, 0.5) is 0 Å². The first-order valence-corrected chi connectivity index (χ1v) is 8.11. The highest BCUT2D eigenvalue weighted by atomic mass is 32.1. The van der Waals surface area contributed by atoms with Crippen LogP contribution in [0.5, 0.6) is 0 Å². The molecule has 0 aromatic carbocycles. The number of carbonyl (C=O) groups is 2. The maximum Gasteiger partial charge on any atom is 0.328 e. The minimum absolute atomic E-state index is 0.0189. The van der Waals surface area contributed by atoms with Crippen LogP contribution in [0.3, 0.4) is 0 Å². The predicted molar refractivity (Wildman–Crippen MR) is 79.0 cm³/mol. The van der Waals surface area contributed by atoms with Gasteiger partial charge in [0, 0.05) is 6.54 Å². The summed E-state index contributed by atoms with van der Waals surface area (Å²) in [6, 6.07) is 1.57. The fourth-order valence-corrected chi connectivity index (χ4v) is 3.54. The van der Waals surface area contributed by atoms with E-state index in [1.165, 1.54) is 11.3 Å². The molecule has 0 aliphatic carbocycles. The molecule has 1 aliphatic rings. The van der Waals surface area contributed by atoms with Gasteiger partial charge in [-0.05, 0) is 49.6 Å². The summed E-state index contributed by atoms with van der Waals surface area (Å²) in [5.41, 5.74) is 1.06. The molecule has 0 radical (unpaired) electrons. The predicted octanol–water partition coefficient (Wildman–Crippen LogP) is 2.87. The Balaban J connectivity index is 2.19. The van der Waals surface area contributed by atoms with Gasteiger partial charge in [-0.3, -0.25) is 4.79 Å². The second-order valence-electron chi connectivity index (χ2n) is 4.89. The van der Waals surface area contributed by atoms with Crippen molar-refractivity contribution in [3.05, 3.63) is 21.9 Å². The van der Waals surface area contributed by atoms with Gasteiger partial charge in [0.15, 0.2) is 0 Å². The van der Waals surface area contributed by atoms with Crippen LogP contribution in [-0.2, 0) is 16.0 Å². The largest absolute Gasteiger partial charge is 0.464 e. The van der Waals surface area contributed by atoms with Crippen molar-refractivity contribution >= 4 is 23.2 Å². The van der Waals surface area contributed by atoms with Gasteiger partial charge >= 0.3 is 5.97 Å². The van der Waals surface area contributed by atoms with Gasteiger partial charge in [0.25, 0.3) is 5.91 Å². The lowest BCUT2D eigenvalue weighted by molar-refractivity contribution is -0.149. The molecule has 1 unspecified atom stereocenters. The number of hydrogen-bond acceptors (Lipinski definition) is 4. The lowest BCUT2D eigenvalue weighted by Crippen LogP contribution is -2.48. The standard InChI is InChI=1S/C15H21NO3S/c1-3-11-8-10-20-13(11)14(17)16-9-6-5-7-12(16)15(18)19-4-2/h8,10,12H,3-7,9H2,1-2H3. The third-order valence-electron chi connectivity index (χ3n) is 3.64. The molecule has 4 nitrogen and oxygen atoms in total. The van der Waals surface area contributed by atoms with Crippen molar-refractivity contribution in [1.29, 1.82) is 0 Å². The maximum absolute atomic E-state index is 12.7. The highest BCUT2D eigenvalue weighted by molar-refractivity contribution is 7.12. The van der Waals surface area contributed by atoms with E-state index in [1.807, 2.05) is 18.4 Å². The van der Waals surface area contributed by atoms with E-state index in [9.17, 15) is 9.59 Å². The third kappa shape index (κ3) is 3.03. The zero-order valence-electron chi connectivity index (χ0n) is 12.1. The van der Waals surface area contributed by atoms with E-state index in [0.29, 0.717) is 19.6 Å². The molecule has 0 saturated carbocycles. The molecule has 1 saturated heterocycles.